The predicted octanol–water partition coefficient (Wildman–Crippen LogP) is 1.70. The molecule has 4 fully saturated rings. The molecule has 0 aromatic rings. The fraction of sp³-hybridized carbons (Fsp3) is 0.905. The van der Waals surface area contributed by atoms with E-state index in [4.69, 9.17) is 6.42 Å². The lowest BCUT2D eigenvalue weighted by Gasteiger charge is -2.62. The summed E-state index contributed by atoms with van der Waals surface area (Å²) in [6.07, 6.45) is 9.57. The van der Waals surface area contributed by atoms with Gasteiger partial charge in [0.25, 0.3) is 0 Å². The summed E-state index contributed by atoms with van der Waals surface area (Å²) in [5, 5.41) is 42.7. The Morgan fingerprint density at radius 3 is 2.36 bits per heavy atom. The van der Waals surface area contributed by atoms with Gasteiger partial charge in [0.05, 0.1) is 18.3 Å². The van der Waals surface area contributed by atoms with Crippen molar-refractivity contribution < 1.29 is 20.4 Å². The van der Waals surface area contributed by atoms with Crippen LogP contribution in [0.2, 0.25) is 0 Å². The van der Waals surface area contributed by atoms with Gasteiger partial charge in [-0.1, -0.05) is 19.8 Å². The molecule has 4 saturated carbocycles. The highest BCUT2D eigenvalue weighted by Crippen LogP contribution is 2.68. The van der Waals surface area contributed by atoms with E-state index in [1.807, 2.05) is 6.92 Å². The number of fused-ring (bicyclic) bond motifs is 5. The zero-order chi connectivity index (χ0) is 18.2. The van der Waals surface area contributed by atoms with E-state index in [2.05, 4.69) is 12.8 Å². The molecule has 0 saturated heterocycles. The van der Waals surface area contributed by atoms with Crippen LogP contribution >= 0.6 is 0 Å². The third-order valence-electron chi connectivity index (χ3n) is 9.10. The molecule has 4 N–H and O–H groups in total. The van der Waals surface area contributed by atoms with Gasteiger partial charge in [-0.15, -0.1) is 6.42 Å². The van der Waals surface area contributed by atoms with Crippen LogP contribution in [-0.2, 0) is 0 Å². The summed E-state index contributed by atoms with van der Waals surface area (Å²) in [7, 11) is 0. The van der Waals surface area contributed by atoms with Gasteiger partial charge in [-0.25, -0.2) is 0 Å². The molecule has 0 aromatic carbocycles. The number of aliphatic hydroxyl groups is 4. The number of aliphatic hydroxyl groups excluding tert-OH is 3. The molecule has 4 rings (SSSR count). The lowest BCUT2D eigenvalue weighted by atomic mass is 9.43. The second kappa shape index (κ2) is 5.45. The van der Waals surface area contributed by atoms with Crippen LogP contribution < -0.4 is 0 Å². The van der Waals surface area contributed by atoms with E-state index in [1.165, 1.54) is 0 Å². The normalized spacial score (nSPS) is 60.9. The van der Waals surface area contributed by atoms with E-state index in [-0.39, 0.29) is 23.4 Å². The first-order valence-electron chi connectivity index (χ1n) is 9.91. The Kier molecular flexibility index (Phi) is 3.88. The summed E-state index contributed by atoms with van der Waals surface area (Å²) >= 11 is 0. The molecule has 0 radical (unpaired) electrons. The van der Waals surface area contributed by atoms with Crippen LogP contribution in [0.4, 0.5) is 0 Å². The van der Waals surface area contributed by atoms with Crippen molar-refractivity contribution in [2.75, 3.05) is 0 Å². The van der Waals surface area contributed by atoms with E-state index in [0.29, 0.717) is 24.7 Å². The molecular weight excluding hydrogens is 316 g/mol. The van der Waals surface area contributed by atoms with Crippen LogP contribution in [0.1, 0.15) is 58.8 Å². The number of hydrogen-bond donors (Lipinski definition) is 4. The Hall–Kier alpha value is -0.600. The maximum Gasteiger partial charge on any atom is 0.156 e. The second-order valence-corrected chi connectivity index (χ2v) is 9.84. The molecule has 4 nitrogen and oxygen atoms in total. The van der Waals surface area contributed by atoms with Gasteiger partial charge in [-0.05, 0) is 74.0 Å². The Morgan fingerprint density at radius 1 is 0.960 bits per heavy atom. The quantitative estimate of drug-likeness (QED) is 0.502. The van der Waals surface area contributed by atoms with Gasteiger partial charge in [0.2, 0.25) is 0 Å². The van der Waals surface area contributed by atoms with Crippen LogP contribution in [0.3, 0.4) is 0 Å². The molecule has 10 atom stereocenters. The minimum atomic E-state index is -1.50. The van der Waals surface area contributed by atoms with E-state index in [0.717, 1.165) is 32.1 Å². The Labute approximate surface area is 150 Å². The highest BCUT2D eigenvalue weighted by molar-refractivity contribution is 5.27. The van der Waals surface area contributed by atoms with E-state index in [9.17, 15) is 20.4 Å². The lowest BCUT2D eigenvalue weighted by Crippen LogP contribution is -2.60. The maximum absolute atomic E-state index is 11.0. The smallest absolute Gasteiger partial charge is 0.156 e. The van der Waals surface area contributed by atoms with Crippen LogP contribution in [0, 0.1) is 46.8 Å². The molecule has 0 bridgehead atoms. The second-order valence-electron chi connectivity index (χ2n) is 9.84. The largest absolute Gasteiger partial charge is 0.393 e. The maximum atomic E-state index is 11.0. The minimum Gasteiger partial charge on any atom is -0.393 e. The average Bonchev–Trinajstić information content (AvgIpc) is 2.77. The minimum absolute atomic E-state index is 0.0434. The number of rotatable bonds is 0. The average molecular weight is 348 g/mol. The van der Waals surface area contributed by atoms with Crippen LogP contribution in [0.25, 0.3) is 0 Å². The SMILES string of the molecule is C#C[C@]1(O)[C@@H](O)CC2C3C(CC[C@@]21C)[C@@]1(C)CC[C@@H](O)C[C@H]1C[C@@H]3O. The van der Waals surface area contributed by atoms with Gasteiger partial charge in [0.15, 0.2) is 5.60 Å². The highest BCUT2D eigenvalue weighted by atomic mass is 16.3. The molecule has 0 aromatic heterocycles. The summed E-state index contributed by atoms with van der Waals surface area (Å²) in [5.41, 5.74) is -1.91. The molecule has 0 amide bonds. The molecule has 4 aliphatic rings. The van der Waals surface area contributed by atoms with Crippen molar-refractivity contribution in [2.45, 2.75) is 82.7 Å². The van der Waals surface area contributed by atoms with Gasteiger partial charge in [0.1, 0.15) is 0 Å². The topological polar surface area (TPSA) is 80.9 Å². The van der Waals surface area contributed by atoms with Crippen LogP contribution in [0.15, 0.2) is 0 Å². The molecule has 4 heteroatoms. The van der Waals surface area contributed by atoms with Gasteiger partial charge in [-0.2, -0.15) is 0 Å². The van der Waals surface area contributed by atoms with Gasteiger partial charge < -0.3 is 20.4 Å². The van der Waals surface area contributed by atoms with Crippen molar-refractivity contribution in [3.8, 4) is 12.3 Å². The van der Waals surface area contributed by atoms with Crippen molar-refractivity contribution in [1.29, 1.82) is 0 Å². The molecule has 4 aliphatic carbocycles. The van der Waals surface area contributed by atoms with Crippen molar-refractivity contribution in [2.24, 2.45) is 34.5 Å². The fourth-order valence-electron chi connectivity index (χ4n) is 7.49. The number of terminal acetylenes is 1. The summed E-state index contributed by atoms with van der Waals surface area (Å²) in [4.78, 5) is 0. The molecule has 140 valence electrons. The Balaban J connectivity index is 1.72. The first-order valence-corrected chi connectivity index (χ1v) is 9.91. The zero-order valence-electron chi connectivity index (χ0n) is 15.4. The first kappa shape index (κ1) is 17.8. The van der Waals surface area contributed by atoms with E-state index >= 15 is 0 Å². The van der Waals surface area contributed by atoms with Crippen LogP contribution in [-0.4, -0.2) is 44.3 Å². The Bertz CT molecular complexity index is 599. The number of hydrogen-bond acceptors (Lipinski definition) is 4. The standard InChI is InChI=1S/C21H32O4/c1-4-21(25)17(24)11-15-18-14(6-8-20(15,21)3)19(2)7-5-13(22)9-12(19)10-16(18)23/h1,12-18,22-25H,5-11H2,2-3H3/t12-,13+,14?,15?,16-,17-,18?,19-,20-,21-/m0/s1. The third kappa shape index (κ3) is 2.10. The van der Waals surface area contributed by atoms with Gasteiger partial charge in [0, 0.05) is 5.41 Å². The molecule has 0 spiro atoms. The van der Waals surface area contributed by atoms with Gasteiger partial charge >= 0.3 is 0 Å². The van der Waals surface area contributed by atoms with Crippen molar-refractivity contribution >= 4 is 0 Å². The Morgan fingerprint density at radius 2 is 1.68 bits per heavy atom. The van der Waals surface area contributed by atoms with Gasteiger partial charge in [-0.3, -0.25) is 0 Å². The van der Waals surface area contributed by atoms with E-state index in [1.54, 1.807) is 0 Å². The highest BCUT2D eigenvalue weighted by Gasteiger charge is 2.68. The molecule has 0 heterocycles. The lowest BCUT2D eigenvalue weighted by molar-refractivity contribution is -0.186. The predicted molar refractivity (Wildman–Crippen MR) is 94.3 cm³/mol. The molecule has 25 heavy (non-hydrogen) atoms. The summed E-state index contributed by atoms with van der Waals surface area (Å²) in [5.74, 6) is 3.35. The van der Waals surface area contributed by atoms with Crippen molar-refractivity contribution in [3.05, 3.63) is 0 Å². The van der Waals surface area contributed by atoms with Crippen molar-refractivity contribution in [3.63, 3.8) is 0 Å². The van der Waals surface area contributed by atoms with Crippen LogP contribution in [0.5, 0.6) is 0 Å². The van der Waals surface area contributed by atoms with Crippen molar-refractivity contribution in [1.82, 2.24) is 0 Å². The molecule has 0 aliphatic heterocycles. The summed E-state index contributed by atoms with van der Waals surface area (Å²) in [6, 6.07) is 0. The molecular formula is C21H32O4. The monoisotopic (exact) mass is 348 g/mol. The zero-order valence-corrected chi connectivity index (χ0v) is 15.4. The fourth-order valence-corrected chi connectivity index (χ4v) is 7.49. The summed E-state index contributed by atoms with van der Waals surface area (Å²) < 4.78 is 0. The first-order chi connectivity index (χ1) is 11.7. The third-order valence-corrected chi connectivity index (χ3v) is 9.10. The summed E-state index contributed by atoms with van der Waals surface area (Å²) in [6.45, 7) is 4.35. The molecule has 3 unspecified atom stereocenters. The van der Waals surface area contributed by atoms with E-state index < -0.39 is 23.2 Å².